The molecule has 0 bridgehead atoms. The zero-order chi connectivity index (χ0) is 11.7. The maximum Gasteiger partial charge on any atom is 0.164 e. The lowest BCUT2D eigenvalue weighted by Crippen LogP contribution is -2.01. The zero-order valence-corrected chi connectivity index (χ0v) is 9.23. The van der Waals surface area contributed by atoms with Crippen LogP contribution in [0.5, 0.6) is 0 Å². The fourth-order valence-electron chi connectivity index (χ4n) is 1.32. The van der Waals surface area contributed by atoms with Gasteiger partial charge < -0.3 is 5.73 Å². The normalized spacial score (nSPS) is 10.1. The summed E-state index contributed by atoms with van der Waals surface area (Å²) in [6, 6.07) is 5.37. The van der Waals surface area contributed by atoms with Crippen molar-refractivity contribution in [3.63, 3.8) is 0 Å². The molecule has 0 amide bonds. The van der Waals surface area contributed by atoms with E-state index >= 15 is 0 Å². The summed E-state index contributed by atoms with van der Waals surface area (Å²) in [5, 5.41) is 13.2. The lowest BCUT2D eigenvalue weighted by Gasteiger charge is -2.01. The van der Waals surface area contributed by atoms with Gasteiger partial charge in [0.15, 0.2) is 11.6 Å². The largest absolute Gasteiger partial charge is 0.381 e. The molecule has 0 aliphatic heterocycles. The third kappa shape index (κ3) is 1.83. The van der Waals surface area contributed by atoms with E-state index in [0.29, 0.717) is 16.4 Å². The minimum atomic E-state index is 0.239. The van der Waals surface area contributed by atoms with Gasteiger partial charge in [0.05, 0.1) is 17.8 Å². The predicted octanol–water partition coefficient (Wildman–Crippen LogP) is 1.68. The smallest absolute Gasteiger partial charge is 0.164 e. The van der Waals surface area contributed by atoms with Gasteiger partial charge in [-0.25, -0.2) is 9.67 Å². The molecule has 2 aromatic rings. The van der Waals surface area contributed by atoms with E-state index in [1.807, 2.05) is 0 Å². The molecule has 0 aliphatic carbocycles. The molecule has 0 saturated heterocycles. The molecule has 0 spiro atoms. The van der Waals surface area contributed by atoms with E-state index in [2.05, 4.69) is 16.2 Å². The van der Waals surface area contributed by atoms with Crippen molar-refractivity contribution in [2.24, 2.45) is 0 Å². The Balaban J connectivity index is 2.56. The average molecular weight is 234 g/mol. The van der Waals surface area contributed by atoms with E-state index in [-0.39, 0.29) is 5.82 Å². The third-order valence-electron chi connectivity index (χ3n) is 2.00. The number of aryl methyl sites for hydroxylation is 1. The van der Waals surface area contributed by atoms with Gasteiger partial charge in [-0.05, 0) is 13.0 Å². The van der Waals surface area contributed by atoms with Crippen LogP contribution in [0.1, 0.15) is 11.3 Å². The Labute approximate surface area is 97.1 Å². The van der Waals surface area contributed by atoms with Gasteiger partial charge in [0.1, 0.15) is 5.02 Å². The Bertz CT molecular complexity index is 562. The van der Waals surface area contributed by atoms with Crippen LogP contribution < -0.4 is 5.73 Å². The van der Waals surface area contributed by atoms with Gasteiger partial charge in [-0.1, -0.05) is 11.6 Å². The first-order valence-electron chi connectivity index (χ1n) is 4.50. The van der Waals surface area contributed by atoms with Crippen molar-refractivity contribution in [1.29, 1.82) is 5.26 Å². The highest BCUT2D eigenvalue weighted by Crippen LogP contribution is 2.18. The SMILES string of the molecule is Cc1cc(C#N)cc(-n2cc(Cl)c(N)n2)n1. The molecular weight excluding hydrogens is 226 g/mol. The van der Waals surface area contributed by atoms with E-state index in [0.717, 1.165) is 5.69 Å². The van der Waals surface area contributed by atoms with Crippen LogP contribution in [0.3, 0.4) is 0 Å². The second kappa shape index (κ2) is 3.83. The molecule has 2 aromatic heterocycles. The molecule has 0 unspecified atom stereocenters. The average Bonchev–Trinajstić information content (AvgIpc) is 2.58. The van der Waals surface area contributed by atoms with Crippen molar-refractivity contribution >= 4 is 17.4 Å². The Hall–Kier alpha value is -2.06. The molecule has 80 valence electrons. The Morgan fingerprint density at radius 2 is 2.25 bits per heavy atom. The quantitative estimate of drug-likeness (QED) is 0.813. The fraction of sp³-hybridized carbons (Fsp3) is 0.100. The molecule has 0 atom stereocenters. The lowest BCUT2D eigenvalue weighted by molar-refractivity contribution is 0.844. The molecule has 2 rings (SSSR count). The molecule has 0 aromatic carbocycles. The van der Waals surface area contributed by atoms with Crippen LogP contribution >= 0.6 is 11.6 Å². The number of nitriles is 1. The Morgan fingerprint density at radius 1 is 1.50 bits per heavy atom. The number of rotatable bonds is 1. The van der Waals surface area contributed by atoms with Gasteiger partial charge >= 0.3 is 0 Å². The van der Waals surface area contributed by atoms with Crippen LogP contribution in [-0.4, -0.2) is 14.8 Å². The summed E-state index contributed by atoms with van der Waals surface area (Å²) in [7, 11) is 0. The summed E-state index contributed by atoms with van der Waals surface area (Å²) in [4.78, 5) is 4.24. The molecule has 5 nitrogen and oxygen atoms in total. The molecule has 0 fully saturated rings. The molecule has 0 aliphatic rings. The van der Waals surface area contributed by atoms with Crippen molar-refractivity contribution in [3.8, 4) is 11.9 Å². The van der Waals surface area contributed by atoms with E-state index in [9.17, 15) is 0 Å². The third-order valence-corrected chi connectivity index (χ3v) is 2.29. The summed E-state index contributed by atoms with van der Waals surface area (Å²) >= 11 is 5.79. The molecular formula is C10H8ClN5. The lowest BCUT2D eigenvalue weighted by atomic mass is 10.2. The number of hydrogen-bond acceptors (Lipinski definition) is 4. The summed E-state index contributed by atoms with van der Waals surface area (Å²) in [5.41, 5.74) is 6.79. The number of nitrogen functional groups attached to an aromatic ring is 1. The Morgan fingerprint density at radius 3 is 2.81 bits per heavy atom. The van der Waals surface area contributed by atoms with Gasteiger partial charge in [-0.15, -0.1) is 5.10 Å². The number of nitrogens with two attached hydrogens (primary N) is 1. The standard InChI is InChI=1S/C10H8ClN5/c1-6-2-7(4-12)3-9(14-6)16-5-8(11)10(13)15-16/h2-3,5H,1H3,(H2,13,15). The van der Waals surface area contributed by atoms with E-state index < -0.39 is 0 Å². The maximum absolute atomic E-state index is 8.83. The van der Waals surface area contributed by atoms with Crippen molar-refractivity contribution < 1.29 is 0 Å². The highest BCUT2D eigenvalue weighted by molar-refractivity contribution is 6.32. The number of anilines is 1. The van der Waals surface area contributed by atoms with Gasteiger partial charge in [-0.2, -0.15) is 5.26 Å². The molecule has 0 saturated carbocycles. The molecule has 2 heterocycles. The molecule has 16 heavy (non-hydrogen) atoms. The second-order valence-corrected chi connectivity index (χ2v) is 3.68. The molecule has 6 heteroatoms. The zero-order valence-electron chi connectivity index (χ0n) is 8.48. The topological polar surface area (TPSA) is 80.5 Å². The van der Waals surface area contributed by atoms with Crippen molar-refractivity contribution in [1.82, 2.24) is 14.8 Å². The van der Waals surface area contributed by atoms with E-state index in [1.165, 1.54) is 4.68 Å². The first kappa shape index (κ1) is 10.5. The van der Waals surface area contributed by atoms with Crippen molar-refractivity contribution in [2.75, 3.05) is 5.73 Å². The summed E-state index contributed by atoms with van der Waals surface area (Å²) in [6.45, 7) is 1.80. The van der Waals surface area contributed by atoms with E-state index in [1.54, 1.807) is 25.3 Å². The highest BCUT2D eigenvalue weighted by atomic mass is 35.5. The molecule has 2 N–H and O–H groups in total. The first-order valence-corrected chi connectivity index (χ1v) is 4.88. The predicted molar refractivity (Wildman–Crippen MR) is 60.2 cm³/mol. The maximum atomic E-state index is 8.83. The molecule has 0 radical (unpaired) electrons. The number of aromatic nitrogens is 3. The van der Waals surface area contributed by atoms with Crippen LogP contribution in [0, 0.1) is 18.3 Å². The highest BCUT2D eigenvalue weighted by Gasteiger charge is 2.07. The fourth-order valence-corrected chi connectivity index (χ4v) is 1.45. The van der Waals surface area contributed by atoms with Crippen LogP contribution in [0.4, 0.5) is 5.82 Å². The van der Waals surface area contributed by atoms with E-state index in [4.69, 9.17) is 22.6 Å². The van der Waals surface area contributed by atoms with Crippen LogP contribution in [0.25, 0.3) is 5.82 Å². The van der Waals surface area contributed by atoms with Gasteiger partial charge in [0.25, 0.3) is 0 Å². The number of halogens is 1. The second-order valence-electron chi connectivity index (χ2n) is 3.27. The minimum Gasteiger partial charge on any atom is -0.381 e. The van der Waals surface area contributed by atoms with Gasteiger partial charge in [-0.3, -0.25) is 0 Å². The minimum absolute atomic E-state index is 0.239. The van der Waals surface area contributed by atoms with Crippen LogP contribution in [-0.2, 0) is 0 Å². The monoisotopic (exact) mass is 233 g/mol. The summed E-state index contributed by atoms with van der Waals surface area (Å²) < 4.78 is 1.45. The number of pyridine rings is 1. The summed E-state index contributed by atoms with van der Waals surface area (Å²) in [6.07, 6.45) is 1.56. The van der Waals surface area contributed by atoms with Crippen LogP contribution in [0.15, 0.2) is 18.3 Å². The summed E-state index contributed by atoms with van der Waals surface area (Å²) in [5.74, 6) is 0.763. The van der Waals surface area contributed by atoms with Crippen molar-refractivity contribution in [3.05, 3.63) is 34.6 Å². The first-order chi connectivity index (χ1) is 7.60. The number of hydrogen-bond donors (Lipinski definition) is 1. The van der Waals surface area contributed by atoms with Crippen LogP contribution in [0.2, 0.25) is 5.02 Å². The number of nitrogens with zero attached hydrogens (tertiary/aromatic N) is 4. The van der Waals surface area contributed by atoms with Gasteiger partial charge in [0.2, 0.25) is 0 Å². The van der Waals surface area contributed by atoms with Gasteiger partial charge in [0, 0.05) is 11.8 Å². The van der Waals surface area contributed by atoms with Crippen molar-refractivity contribution in [2.45, 2.75) is 6.92 Å². The Kier molecular flexibility index (Phi) is 2.50.